The number of ether oxygens (including phenoxy) is 2. The van der Waals surface area contributed by atoms with Gasteiger partial charge in [0.15, 0.2) is 0 Å². The second-order valence-electron chi connectivity index (χ2n) is 5.22. The van der Waals surface area contributed by atoms with E-state index in [0.29, 0.717) is 32.4 Å². The van der Waals surface area contributed by atoms with Gasteiger partial charge >= 0.3 is 0 Å². The average molecular weight is 260 g/mol. The molecule has 0 aromatic carbocycles. The molecule has 5 nitrogen and oxygen atoms in total. The Labute approximate surface area is 111 Å². The topological polar surface area (TPSA) is 45.2 Å². The third-order valence-electron chi connectivity index (χ3n) is 3.46. The van der Waals surface area contributed by atoms with Crippen LogP contribution >= 0.6 is 0 Å². The zero-order chi connectivity index (χ0) is 13.4. The Balaban J connectivity index is 2.08. The van der Waals surface area contributed by atoms with Gasteiger partial charge in [-0.25, -0.2) is 0 Å². The summed E-state index contributed by atoms with van der Waals surface area (Å²) in [5, 5.41) is 9.84. The predicted octanol–water partition coefficient (Wildman–Crippen LogP) is 0.0363. The maximum atomic E-state index is 9.84. The van der Waals surface area contributed by atoms with Crippen molar-refractivity contribution in [1.29, 1.82) is 0 Å². The summed E-state index contributed by atoms with van der Waals surface area (Å²) in [4.78, 5) is 4.59. The smallest absolute Gasteiger partial charge is 0.0900 e. The van der Waals surface area contributed by atoms with Gasteiger partial charge in [-0.05, 0) is 33.5 Å². The molecule has 0 radical (unpaired) electrons. The standard InChI is InChI=1S/C13H28N2O3/c1-14(9-12-5-4-6-15(12)2)10-13(16)11-18-8-7-17-3/h12-13,16H,4-11H2,1-3H3. The first-order chi connectivity index (χ1) is 8.63. The van der Waals surface area contributed by atoms with Gasteiger partial charge in [0.25, 0.3) is 0 Å². The van der Waals surface area contributed by atoms with E-state index in [-0.39, 0.29) is 0 Å². The van der Waals surface area contributed by atoms with Crippen LogP contribution in [0.4, 0.5) is 0 Å². The fourth-order valence-electron chi connectivity index (χ4n) is 2.42. The lowest BCUT2D eigenvalue weighted by Crippen LogP contribution is -2.40. The van der Waals surface area contributed by atoms with Crippen LogP contribution in [0.3, 0.4) is 0 Å². The maximum absolute atomic E-state index is 9.84. The molecular formula is C13H28N2O3. The molecule has 1 aliphatic heterocycles. The van der Waals surface area contributed by atoms with Crippen molar-refractivity contribution in [2.75, 3.05) is 60.7 Å². The van der Waals surface area contributed by atoms with E-state index in [9.17, 15) is 5.11 Å². The molecule has 0 aliphatic carbocycles. The Kier molecular flexibility index (Phi) is 7.77. The SMILES string of the molecule is COCCOCC(O)CN(C)CC1CCCN1C. The maximum Gasteiger partial charge on any atom is 0.0900 e. The van der Waals surface area contributed by atoms with Crippen LogP contribution in [0.2, 0.25) is 0 Å². The molecule has 1 fully saturated rings. The summed E-state index contributed by atoms with van der Waals surface area (Å²) in [5.41, 5.74) is 0. The molecule has 0 spiro atoms. The summed E-state index contributed by atoms with van der Waals surface area (Å²) >= 11 is 0. The first-order valence-electron chi connectivity index (χ1n) is 6.77. The summed E-state index contributed by atoms with van der Waals surface area (Å²) < 4.78 is 10.2. The van der Waals surface area contributed by atoms with Gasteiger partial charge in [-0.2, -0.15) is 0 Å². The molecule has 0 saturated carbocycles. The van der Waals surface area contributed by atoms with Crippen molar-refractivity contribution in [2.45, 2.75) is 25.0 Å². The quantitative estimate of drug-likeness (QED) is 0.593. The third-order valence-corrected chi connectivity index (χ3v) is 3.46. The monoisotopic (exact) mass is 260 g/mol. The summed E-state index contributed by atoms with van der Waals surface area (Å²) in [6, 6.07) is 0.636. The van der Waals surface area contributed by atoms with Crippen molar-refractivity contribution in [1.82, 2.24) is 9.80 Å². The molecule has 1 heterocycles. The number of rotatable bonds is 9. The molecule has 0 bridgehead atoms. The average Bonchev–Trinajstić information content (AvgIpc) is 2.70. The second-order valence-corrected chi connectivity index (χ2v) is 5.22. The highest BCUT2D eigenvalue weighted by atomic mass is 16.5. The van der Waals surface area contributed by atoms with Crippen LogP contribution in [0.5, 0.6) is 0 Å². The molecule has 0 aromatic rings. The molecule has 1 aliphatic rings. The number of hydrogen-bond acceptors (Lipinski definition) is 5. The van der Waals surface area contributed by atoms with Gasteiger partial charge < -0.3 is 24.4 Å². The number of hydrogen-bond donors (Lipinski definition) is 1. The minimum Gasteiger partial charge on any atom is -0.389 e. The number of likely N-dealkylation sites (N-methyl/N-ethyl adjacent to an activating group) is 2. The molecule has 5 heteroatoms. The zero-order valence-corrected chi connectivity index (χ0v) is 12.0. The Bertz CT molecular complexity index is 216. The lowest BCUT2D eigenvalue weighted by Gasteiger charge is -2.27. The lowest BCUT2D eigenvalue weighted by atomic mass is 10.2. The summed E-state index contributed by atoms with van der Waals surface area (Å²) in [6.07, 6.45) is 2.14. The van der Waals surface area contributed by atoms with Crippen LogP contribution in [-0.4, -0.2) is 87.7 Å². The van der Waals surface area contributed by atoms with Crippen molar-refractivity contribution in [2.24, 2.45) is 0 Å². The largest absolute Gasteiger partial charge is 0.389 e. The minimum absolute atomic E-state index is 0.383. The van der Waals surface area contributed by atoms with E-state index < -0.39 is 6.10 Å². The van der Waals surface area contributed by atoms with Crippen LogP contribution in [-0.2, 0) is 9.47 Å². The highest BCUT2D eigenvalue weighted by Crippen LogP contribution is 2.15. The Hall–Kier alpha value is -0.200. The Morgan fingerprint density at radius 3 is 2.83 bits per heavy atom. The van der Waals surface area contributed by atoms with Gasteiger partial charge in [0, 0.05) is 26.2 Å². The van der Waals surface area contributed by atoms with Crippen LogP contribution in [0, 0.1) is 0 Å². The van der Waals surface area contributed by atoms with Gasteiger partial charge in [0.05, 0.1) is 25.9 Å². The molecule has 0 aromatic heterocycles. The van der Waals surface area contributed by atoms with Crippen molar-refractivity contribution >= 4 is 0 Å². The van der Waals surface area contributed by atoms with Gasteiger partial charge in [-0.15, -0.1) is 0 Å². The number of methoxy groups -OCH3 is 1. The predicted molar refractivity (Wildman–Crippen MR) is 71.9 cm³/mol. The number of likely N-dealkylation sites (tertiary alicyclic amines) is 1. The van der Waals surface area contributed by atoms with Crippen LogP contribution < -0.4 is 0 Å². The lowest BCUT2D eigenvalue weighted by molar-refractivity contribution is 0.000661. The van der Waals surface area contributed by atoms with Crippen molar-refractivity contribution in [3.63, 3.8) is 0 Å². The van der Waals surface area contributed by atoms with E-state index in [1.165, 1.54) is 19.4 Å². The number of aliphatic hydroxyl groups is 1. The summed E-state index contributed by atoms with van der Waals surface area (Å²) in [5.74, 6) is 0. The van der Waals surface area contributed by atoms with Crippen LogP contribution in [0.15, 0.2) is 0 Å². The van der Waals surface area contributed by atoms with E-state index >= 15 is 0 Å². The minimum atomic E-state index is -0.418. The zero-order valence-electron chi connectivity index (χ0n) is 12.0. The van der Waals surface area contributed by atoms with Crippen LogP contribution in [0.1, 0.15) is 12.8 Å². The Morgan fingerprint density at radius 1 is 1.44 bits per heavy atom. The molecule has 2 atom stereocenters. The molecule has 1 saturated heterocycles. The van der Waals surface area contributed by atoms with Gasteiger partial charge in [-0.3, -0.25) is 0 Å². The first-order valence-corrected chi connectivity index (χ1v) is 6.77. The van der Waals surface area contributed by atoms with E-state index in [4.69, 9.17) is 9.47 Å². The first kappa shape index (κ1) is 15.9. The summed E-state index contributed by atoms with van der Waals surface area (Å²) in [7, 11) is 5.88. The number of aliphatic hydroxyl groups excluding tert-OH is 1. The third kappa shape index (κ3) is 6.11. The normalized spacial score (nSPS) is 22.8. The van der Waals surface area contributed by atoms with E-state index in [1.807, 2.05) is 0 Å². The van der Waals surface area contributed by atoms with Gasteiger partial charge in [0.2, 0.25) is 0 Å². The molecule has 1 N–H and O–H groups in total. The summed E-state index contributed by atoms with van der Waals surface area (Å²) in [6.45, 7) is 4.39. The molecular weight excluding hydrogens is 232 g/mol. The fourth-order valence-corrected chi connectivity index (χ4v) is 2.42. The van der Waals surface area contributed by atoms with E-state index in [1.54, 1.807) is 7.11 Å². The van der Waals surface area contributed by atoms with E-state index in [2.05, 4.69) is 23.9 Å². The molecule has 2 unspecified atom stereocenters. The van der Waals surface area contributed by atoms with Crippen molar-refractivity contribution < 1.29 is 14.6 Å². The molecule has 108 valence electrons. The highest BCUT2D eigenvalue weighted by molar-refractivity contribution is 4.79. The number of nitrogens with zero attached hydrogens (tertiary/aromatic N) is 2. The van der Waals surface area contributed by atoms with Crippen molar-refractivity contribution in [3.8, 4) is 0 Å². The fraction of sp³-hybridized carbons (Fsp3) is 1.00. The molecule has 0 amide bonds. The van der Waals surface area contributed by atoms with Gasteiger partial charge in [0.1, 0.15) is 0 Å². The highest BCUT2D eigenvalue weighted by Gasteiger charge is 2.22. The van der Waals surface area contributed by atoms with Crippen LogP contribution in [0.25, 0.3) is 0 Å². The second kappa shape index (κ2) is 8.82. The van der Waals surface area contributed by atoms with E-state index in [0.717, 1.165) is 6.54 Å². The Morgan fingerprint density at radius 2 is 2.22 bits per heavy atom. The molecule has 18 heavy (non-hydrogen) atoms. The van der Waals surface area contributed by atoms with Gasteiger partial charge in [-0.1, -0.05) is 0 Å². The molecule has 1 rings (SSSR count). The van der Waals surface area contributed by atoms with Crippen molar-refractivity contribution in [3.05, 3.63) is 0 Å².